The van der Waals surface area contributed by atoms with Crippen LogP contribution in [0.25, 0.3) is 10.0 Å². The maximum Gasteiger partial charge on any atom is 0.174 e. The van der Waals surface area contributed by atoms with E-state index in [4.69, 9.17) is 22.8 Å². The van der Waals surface area contributed by atoms with Crippen LogP contribution < -0.4 is 0 Å². The lowest BCUT2D eigenvalue weighted by Gasteiger charge is -2.28. The molecule has 0 heterocycles. The molecule has 0 N–H and O–H groups in total. The van der Waals surface area contributed by atoms with E-state index < -0.39 is 0 Å². The zero-order valence-corrected chi connectivity index (χ0v) is 10.9. The van der Waals surface area contributed by atoms with Gasteiger partial charge in [0.25, 0.3) is 0 Å². The zero-order valence-electron chi connectivity index (χ0n) is 10.9. The summed E-state index contributed by atoms with van der Waals surface area (Å²) in [7, 11) is 0. The molecule has 2 atom stereocenters. The molecule has 1 aliphatic carbocycles. The Bertz CT molecular complexity index is 265. The van der Waals surface area contributed by atoms with E-state index in [0.717, 1.165) is 24.7 Å². The Morgan fingerprint density at radius 3 is 1.83 bits per heavy atom. The van der Waals surface area contributed by atoms with Crippen LogP contribution in [-0.4, -0.2) is 13.2 Å². The maximum atomic E-state index is 6.54. The summed E-state index contributed by atoms with van der Waals surface area (Å²) in [6.45, 7) is 14.2. The Morgan fingerprint density at radius 1 is 0.889 bits per heavy atom. The third-order valence-corrected chi connectivity index (χ3v) is 3.72. The van der Waals surface area contributed by atoms with Crippen LogP contribution in [0, 0.1) is 25.0 Å². The van der Waals surface area contributed by atoms with Crippen molar-refractivity contribution >= 4 is 0 Å². The third-order valence-electron chi connectivity index (χ3n) is 3.72. The van der Waals surface area contributed by atoms with Gasteiger partial charge in [0.15, 0.2) is 13.2 Å². The van der Waals surface area contributed by atoms with Crippen molar-refractivity contribution in [2.24, 2.45) is 11.8 Å². The summed E-state index contributed by atoms with van der Waals surface area (Å²) in [5, 5.41) is 5.81. The van der Waals surface area contributed by atoms with Crippen molar-refractivity contribution in [2.45, 2.75) is 51.4 Å². The minimum Gasteiger partial charge on any atom is -0.199 e. The summed E-state index contributed by atoms with van der Waals surface area (Å²) in [6, 6.07) is 0. The number of rotatable bonds is 8. The Balaban J connectivity index is 2.08. The normalized spacial score (nSPS) is 22.8. The predicted octanol–water partition coefficient (Wildman–Crippen LogP) is 4.05. The summed E-state index contributed by atoms with van der Waals surface area (Å²) >= 11 is 0. The topological polar surface area (TPSA) is 27.2 Å². The number of hydrogen-bond donors (Lipinski definition) is 0. The van der Waals surface area contributed by atoms with E-state index >= 15 is 0 Å². The van der Waals surface area contributed by atoms with E-state index in [2.05, 4.69) is 10.0 Å². The van der Waals surface area contributed by atoms with E-state index in [1.54, 1.807) is 0 Å². The van der Waals surface area contributed by atoms with E-state index in [1.165, 1.54) is 38.5 Å². The van der Waals surface area contributed by atoms with Crippen molar-refractivity contribution < 1.29 is 9.68 Å². The molecule has 0 aromatic rings. The van der Waals surface area contributed by atoms with Gasteiger partial charge >= 0.3 is 0 Å². The highest BCUT2D eigenvalue weighted by atomic mass is 16.6. The highest BCUT2D eigenvalue weighted by molar-refractivity contribution is 4.73. The van der Waals surface area contributed by atoms with Gasteiger partial charge in [-0.15, -0.1) is 0 Å². The van der Waals surface area contributed by atoms with Gasteiger partial charge < -0.3 is 0 Å². The van der Waals surface area contributed by atoms with Crippen molar-refractivity contribution in [3.05, 3.63) is 23.2 Å². The fourth-order valence-corrected chi connectivity index (χ4v) is 2.89. The lowest BCUT2D eigenvalue weighted by molar-refractivity contribution is 0.184. The molecule has 1 fully saturated rings. The van der Waals surface area contributed by atoms with Crippen LogP contribution in [0.3, 0.4) is 0 Å². The van der Waals surface area contributed by atoms with Crippen LogP contribution in [0.1, 0.15) is 51.4 Å². The molecule has 2 unspecified atom stereocenters. The first-order valence-corrected chi connectivity index (χ1v) is 6.84. The van der Waals surface area contributed by atoms with E-state index in [1.807, 2.05) is 0 Å². The quantitative estimate of drug-likeness (QED) is 0.369. The molecule has 0 aromatic heterocycles. The lowest BCUT2D eigenvalue weighted by Crippen LogP contribution is -2.16. The summed E-state index contributed by atoms with van der Waals surface area (Å²) in [5.41, 5.74) is 0. The maximum absolute atomic E-state index is 6.54. The summed E-state index contributed by atoms with van der Waals surface area (Å²) in [5.74, 6) is 1.61. The molecule has 0 bridgehead atoms. The molecule has 0 aliphatic heterocycles. The molecule has 0 spiro atoms. The summed E-state index contributed by atoms with van der Waals surface area (Å²) in [6.07, 6.45) is 9.65. The molecular weight excluding hydrogens is 228 g/mol. The van der Waals surface area contributed by atoms with Crippen molar-refractivity contribution in [1.29, 1.82) is 0 Å². The first-order chi connectivity index (χ1) is 8.86. The van der Waals surface area contributed by atoms with Crippen LogP contribution in [0.15, 0.2) is 0 Å². The molecular formula is C14H22N2O2. The Hall–Kier alpha value is -1.42. The van der Waals surface area contributed by atoms with Crippen molar-refractivity contribution in [3.63, 3.8) is 0 Å². The Kier molecular flexibility index (Phi) is 7.80. The Labute approximate surface area is 110 Å². The van der Waals surface area contributed by atoms with Crippen LogP contribution in [-0.2, 0) is 9.68 Å². The summed E-state index contributed by atoms with van der Waals surface area (Å²) < 4.78 is 0. The predicted molar refractivity (Wildman–Crippen MR) is 69.0 cm³/mol. The monoisotopic (exact) mass is 250 g/mol. The molecule has 0 saturated heterocycles. The fourth-order valence-electron chi connectivity index (χ4n) is 2.89. The molecule has 4 heteroatoms. The molecule has 1 saturated carbocycles. The fraction of sp³-hybridized carbons (Fsp3) is 0.857. The SMILES string of the molecule is [C-]#[N+]OCCCC1CCCC(CCCO[N+]#[C-])C1. The van der Waals surface area contributed by atoms with Gasteiger partial charge in [0.05, 0.1) is 0 Å². The average molecular weight is 250 g/mol. The molecule has 100 valence electrons. The van der Waals surface area contributed by atoms with Crippen LogP contribution in [0.4, 0.5) is 0 Å². The van der Waals surface area contributed by atoms with Crippen LogP contribution >= 0.6 is 0 Å². The first-order valence-electron chi connectivity index (χ1n) is 6.84. The molecule has 0 radical (unpaired) electrons. The van der Waals surface area contributed by atoms with Gasteiger partial charge in [-0.3, -0.25) is 0 Å². The average Bonchev–Trinajstić information content (AvgIpc) is 2.40. The molecule has 1 rings (SSSR count). The minimum absolute atomic E-state index is 0.573. The lowest BCUT2D eigenvalue weighted by atomic mass is 9.77. The van der Waals surface area contributed by atoms with Crippen LogP contribution in [0.2, 0.25) is 0 Å². The van der Waals surface area contributed by atoms with Gasteiger partial charge in [-0.25, -0.2) is 0 Å². The van der Waals surface area contributed by atoms with Gasteiger partial charge in [-0.1, -0.05) is 19.3 Å². The highest BCUT2D eigenvalue weighted by Crippen LogP contribution is 2.34. The van der Waals surface area contributed by atoms with Crippen molar-refractivity contribution in [3.8, 4) is 0 Å². The van der Waals surface area contributed by atoms with Crippen LogP contribution in [0.5, 0.6) is 0 Å². The van der Waals surface area contributed by atoms with E-state index in [-0.39, 0.29) is 0 Å². The van der Waals surface area contributed by atoms with Crippen molar-refractivity contribution in [2.75, 3.05) is 13.2 Å². The van der Waals surface area contributed by atoms with Gasteiger partial charge in [0, 0.05) is 0 Å². The molecule has 1 aliphatic rings. The molecule has 4 nitrogen and oxygen atoms in total. The zero-order chi connectivity index (χ0) is 13.1. The van der Waals surface area contributed by atoms with Gasteiger partial charge in [0.1, 0.15) is 0 Å². The standard InChI is InChI=1S/C14H22N2O2/c1-15-17-10-4-8-13-6-3-7-14(12-13)9-5-11-18-16-2/h13-14H,3-12H2. The van der Waals surface area contributed by atoms with E-state index in [9.17, 15) is 0 Å². The summed E-state index contributed by atoms with van der Waals surface area (Å²) in [4.78, 5) is 9.38. The number of nitrogens with zero attached hydrogens (tertiary/aromatic N) is 2. The van der Waals surface area contributed by atoms with E-state index in [0.29, 0.717) is 13.2 Å². The third kappa shape index (κ3) is 6.35. The second-order valence-electron chi connectivity index (χ2n) is 5.03. The molecule has 0 aromatic carbocycles. The number of hydrogen-bond acceptors (Lipinski definition) is 2. The second-order valence-corrected chi connectivity index (χ2v) is 5.03. The van der Waals surface area contributed by atoms with Crippen molar-refractivity contribution in [1.82, 2.24) is 0 Å². The highest BCUT2D eigenvalue weighted by Gasteiger charge is 2.21. The second kappa shape index (κ2) is 9.59. The van der Waals surface area contributed by atoms with Gasteiger partial charge in [-0.05, 0) is 54.0 Å². The molecule has 0 amide bonds. The van der Waals surface area contributed by atoms with Gasteiger partial charge in [-0.2, -0.15) is 22.8 Å². The Morgan fingerprint density at radius 2 is 1.39 bits per heavy atom. The largest absolute Gasteiger partial charge is 0.199 e. The first kappa shape index (κ1) is 14.6. The minimum atomic E-state index is 0.573. The van der Waals surface area contributed by atoms with Gasteiger partial charge in [0.2, 0.25) is 0 Å². The molecule has 18 heavy (non-hydrogen) atoms. The smallest absolute Gasteiger partial charge is 0.174 e.